The maximum Gasteiger partial charge on any atom is 0.323 e. The number of nitrogens with one attached hydrogen (secondary N) is 1. The van der Waals surface area contributed by atoms with E-state index < -0.39 is 0 Å². The Morgan fingerprint density at radius 3 is 2.55 bits per heavy atom. The van der Waals surface area contributed by atoms with E-state index in [1.807, 2.05) is 30.3 Å². The first kappa shape index (κ1) is 18.2. The molecule has 0 spiro atoms. The van der Waals surface area contributed by atoms with Gasteiger partial charge in [-0.1, -0.05) is 30.3 Å². The van der Waals surface area contributed by atoms with Crippen molar-refractivity contribution in [2.24, 2.45) is 0 Å². The molecular weight excluding hydrogens is 282 g/mol. The van der Waals surface area contributed by atoms with Crippen LogP contribution in [0.5, 0.6) is 0 Å². The quantitative estimate of drug-likeness (QED) is 0.531. The van der Waals surface area contributed by atoms with Gasteiger partial charge in [0.15, 0.2) is 0 Å². The van der Waals surface area contributed by atoms with Crippen LogP contribution in [0.15, 0.2) is 30.3 Å². The van der Waals surface area contributed by atoms with Crippen molar-refractivity contribution in [1.29, 1.82) is 0 Å². The van der Waals surface area contributed by atoms with Gasteiger partial charge in [-0.05, 0) is 38.8 Å². The summed E-state index contributed by atoms with van der Waals surface area (Å²) in [5.74, 6) is -0.438. The van der Waals surface area contributed by atoms with Gasteiger partial charge in [0.05, 0.1) is 6.61 Å². The number of esters is 2. The first-order valence-corrected chi connectivity index (χ1v) is 7.73. The van der Waals surface area contributed by atoms with Crippen LogP contribution in [0.25, 0.3) is 0 Å². The number of unbranched alkanes of at least 4 members (excludes halogenated alkanes) is 1. The zero-order valence-corrected chi connectivity index (χ0v) is 13.3. The van der Waals surface area contributed by atoms with E-state index in [1.165, 1.54) is 0 Å². The van der Waals surface area contributed by atoms with Crippen molar-refractivity contribution in [3.05, 3.63) is 35.9 Å². The smallest absolute Gasteiger partial charge is 0.323 e. The zero-order chi connectivity index (χ0) is 16.2. The zero-order valence-electron chi connectivity index (χ0n) is 13.3. The fourth-order valence-electron chi connectivity index (χ4n) is 1.88. The van der Waals surface area contributed by atoms with Crippen molar-refractivity contribution in [2.75, 3.05) is 13.2 Å². The molecule has 1 atom stereocenters. The van der Waals surface area contributed by atoms with Crippen molar-refractivity contribution in [3.8, 4) is 0 Å². The second kappa shape index (κ2) is 10.8. The average Bonchev–Trinajstić information content (AvgIpc) is 2.53. The van der Waals surface area contributed by atoms with E-state index in [2.05, 4.69) is 5.32 Å². The minimum Gasteiger partial charge on any atom is -0.466 e. The minimum absolute atomic E-state index is 0.169. The Morgan fingerprint density at radius 1 is 1.14 bits per heavy atom. The third-order valence-corrected chi connectivity index (χ3v) is 3.14. The van der Waals surface area contributed by atoms with Crippen LogP contribution in [0.1, 0.15) is 38.7 Å². The third-order valence-electron chi connectivity index (χ3n) is 3.14. The minimum atomic E-state index is -0.355. The molecule has 0 aliphatic heterocycles. The Morgan fingerprint density at radius 2 is 1.86 bits per heavy atom. The highest BCUT2D eigenvalue weighted by Gasteiger charge is 2.13. The molecule has 0 saturated heterocycles. The third kappa shape index (κ3) is 7.78. The van der Waals surface area contributed by atoms with E-state index >= 15 is 0 Å². The molecule has 0 fully saturated rings. The molecule has 0 amide bonds. The highest BCUT2D eigenvalue weighted by Crippen LogP contribution is 2.02. The molecule has 0 bridgehead atoms. The van der Waals surface area contributed by atoms with Crippen LogP contribution in [0.2, 0.25) is 0 Å². The van der Waals surface area contributed by atoms with E-state index in [0.29, 0.717) is 19.6 Å². The van der Waals surface area contributed by atoms with Crippen LogP contribution in [-0.4, -0.2) is 31.1 Å². The Balaban J connectivity index is 2.10. The predicted octanol–water partition coefficient (Wildman–Crippen LogP) is 2.44. The van der Waals surface area contributed by atoms with Gasteiger partial charge in [0.25, 0.3) is 0 Å². The van der Waals surface area contributed by atoms with E-state index in [-0.39, 0.29) is 24.6 Å². The lowest BCUT2D eigenvalue weighted by atomic mass is 10.2. The van der Waals surface area contributed by atoms with Gasteiger partial charge in [0.2, 0.25) is 0 Å². The van der Waals surface area contributed by atoms with Gasteiger partial charge in [-0.2, -0.15) is 0 Å². The van der Waals surface area contributed by atoms with Gasteiger partial charge in [-0.25, -0.2) is 0 Å². The largest absolute Gasteiger partial charge is 0.466 e. The van der Waals surface area contributed by atoms with Gasteiger partial charge in [-0.3, -0.25) is 9.59 Å². The molecule has 1 aromatic carbocycles. The lowest BCUT2D eigenvalue weighted by molar-refractivity contribution is -0.147. The molecule has 0 aromatic heterocycles. The first-order chi connectivity index (χ1) is 10.6. The van der Waals surface area contributed by atoms with Gasteiger partial charge in [-0.15, -0.1) is 0 Å². The van der Waals surface area contributed by atoms with Crippen LogP contribution < -0.4 is 5.32 Å². The van der Waals surface area contributed by atoms with E-state index in [1.54, 1.807) is 13.8 Å². The maximum absolute atomic E-state index is 11.8. The topological polar surface area (TPSA) is 64.6 Å². The second-order valence-corrected chi connectivity index (χ2v) is 5.03. The number of rotatable bonds is 10. The number of carbonyl (C=O) groups excluding carboxylic acids is 2. The highest BCUT2D eigenvalue weighted by atomic mass is 16.5. The molecule has 0 aliphatic rings. The Labute approximate surface area is 132 Å². The monoisotopic (exact) mass is 307 g/mol. The lowest BCUT2D eigenvalue weighted by Gasteiger charge is -2.13. The van der Waals surface area contributed by atoms with Gasteiger partial charge in [0.1, 0.15) is 12.6 Å². The summed E-state index contributed by atoms with van der Waals surface area (Å²) in [4.78, 5) is 23.0. The van der Waals surface area contributed by atoms with Crippen molar-refractivity contribution in [2.45, 2.75) is 45.8 Å². The molecule has 0 radical (unpaired) electrons. The summed E-state index contributed by atoms with van der Waals surface area (Å²) in [7, 11) is 0. The van der Waals surface area contributed by atoms with E-state index in [4.69, 9.17) is 9.47 Å². The SMILES string of the molecule is CCOC(=O)CCCCN[C@@H](C)C(=O)OCc1ccccc1. The van der Waals surface area contributed by atoms with Gasteiger partial charge >= 0.3 is 11.9 Å². The number of hydrogen-bond acceptors (Lipinski definition) is 5. The maximum atomic E-state index is 11.8. The summed E-state index contributed by atoms with van der Waals surface area (Å²) < 4.78 is 10.1. The number of hydrogen-bond donors (Lipinski definition) is 1. The fraction of sp³-hybridized carbons (Fsp3) is 0.529. The summed E-state index contributed by atoms with van der Waals surface area (Å²) in [6.45, 7) is 4.94. The molecule has 1 rings (SSSR count). The Bertz CT molecular complexity index is 447. The van der Waals surface area contributed by atoms with Crippen molar-refractivity contribution < 1.29 is 19.1 Å². The Hall–Kier alpha value is -1.88. The molecule has 22 heavy (non-hydrogen) atoms. The molecular formula is C17H25NO4. The number of ether oxygens (including phenoxy) is 2. The molecule has 0 heterocycles. The van der Waals surface area contributed by atoms with E-state index in [9.17, 15) is 9.59 Å². The molecule has 0 saturated carbocycles. The van der Waals surface area contributed by atoms with Crippen LogP contribution >= 0.6 is 0 Å². The molecule has 5 nitrogen and oxygen atoms in total. The number of benzene rings is 1. The standard InChI is InChI=1S/C17H25NO4/c1-3-21-16(19)11-7-8-12-18-14(2)17(20)22-13-15-9-5-4-6-10-15/h4-6,9-10,14,18H,3,7-8,11-13H2,1-2H3/t14-/m0/s1. The summed E-state index contributed by atoms with van der Waals surface area (Å²) in [6.07, 6.45) is 1.98. The van der Waals surface area contributed by atoms with Gasteiger partial charge < -0.3 is 14.8 Å². The summed E-state index contributed by atoms with van der Waals surface area (Å²) in [5, 5.41) is 3.10. The molecule has 1 N–H and O–H groups in total. The van der Waals surface area contributed by atoms with Crippen molar-refractivity contribution in [1.82, 2.24) is 5.32 Å². The Kier molecular flexibility index (Phi) is 8.91. The highest BCUT2D eigenvalue weighted by molar-refractivity contribution is 5.75. The molecule has 0 unspecified atom stereocenters. The predicted molar refractivity (Wildman–Crippen MR) is 84.2 cm³/mol. The van der Waals surface area contributed by atoms with Crippen LogP contribution in [0.4, 0.5) is 0 Å². The molecule has 5 heteroatoms. The fourth-order valence-corrected chi connectivity index (χ4v) is 1.88. The molecule has 1 aromatic rings. The molecule has 122 valence electrons. The van der Waals surface area contributed by atoms with Crippen LogP contribution in [0, 0.1) is 0 Å². The average molecular weight is 307 g/mol. The first-order valence-electron chi connectivity index (χ1n) is 7.73. The van der Waals surface area contributed by atoms with Crippen molar-refractivity contribution >= 4 is 11.9 Å². The lowest BCUT2D eigenvalue weighted by Crippen LogP contribution is -2.35. The molecule has 0 aliphatic carbocycles. The van der Waals surface area contributed by atoms with Crippen LogP contribution in [-0.2, 0) is 25.7 Å². The number of carbonyl (C=O) groups is 2. The summed E-state index contributed by atoms with van der Waals surface area (Å²) >= 11 is 0. The van der Waals surface area contributed by atoms with E-state index in [0.717, 1.165) is 18.4 Å². The van der Waals surface area contributed by atoms with Gasteiger partial charge in [0, 0.05) is 6.42 Å². The second-order valence-electron chi connectivity index (χ2n) is 5.03. The normalized spacial score (nSPS) is 11.7. The van der Waals surface area contributed by atoms with Crippen molar-refractivity contribution in [3.63, 3.8) is 0 Å². The summed E-state index contributed by atoms with van der Waals surface area (Å²) in [6, 6.07) is 9.22. The van der Waals surface area contributed by atoms with Crippen LogP contribution in [0.3, 0.4) is 0 Å². The summed E-state index contributed by atoms with van der Waals surface area (Å²) in [5.41, 5.74) is 0.970.